The molecule has 6 heteroatoms. The van der Waals surface area contributed by atoms with Crippen LogP contribution in [-0.2, 0) is 11.3 Å². The molecule has 2 amide bonds. The second-order valence-electron chi connectivity index (χ2n) is 6.43. The Kier molecular flexibility index (Phi) is 6.58. The number of nitrogens with zero attached hydrogens (tertiary/aromatic N) is 2. The van der Waals surface area contributed by atoms with Gasteiger partial charge in [0.1, 0.15) is 0 Å². The molecule has 0 unspecified atom stereocenters. The van der Waals surface area contributed by atoms with Gasteiger partial charge in [0.25, 0.3) is 5.91 Å². The molecule has 0 radical (unpaired) electrons. The quantitative estimate of drug-likeness (QED) is 0.683. The van der Waals surface area contributed by atoms with Crippen molar-refractivity contribution in [3.8, 4) is 11.1 Å². The highest BCUT2D eigenvalue weighted by Crippen LogP contribution is 2.23. The van der Waals surface area contributed by atoms with E-state index in [1.54, 1.807) is 38.5 Å². The number of anilines is 1. The van der Waals surface area contributed by atoms with E-state index >= 15 is 0 Å². The zero-order chi connectivity index (χ0) is 20.6. The van der Waals surface area contributed by atoms with E-state index in [2.05, 4.69) is 10.3 Å². The predicted octanol–water partition coefficient (Wildman–Crippen LogP) is 4.27. The van der Waals surface area contributed by atoms with Crippen LogP contribution in [0.1, 0.15) is 22.8 Å². The van der Waals surface area contributed by atoms with Gasteiger partial charge in [0, 0.05) is 37.2 Å². The summed E-state index contributed by atoms with van der Waals surface area (Å²) in [4.78, 5) is 29.6. The molecule has 1 N–H and O–H groups in total. The van der Waals surface area contributed by atoms with Crippen LogP contribution in [-0.4, -0.2) is 30.6 Å². The van der Waals surface area contributed by atoms with E-state index in [0.717, 1.165) is 22.4 Å². The van der Waals surface area contributed by atoms with E-state index in [1.165, 1.54) is 4.90 Å². The van der Waals surface area contributed by atoms with Gasteiger partial charge in [-0.25, -0.2) is 4.79 Å². The summed E-state index contributed by atoms with van der Waals surface area (Å²) in [6.07, 6.45) is 3.04. The van der Waals surface area contributed by atoms with Crippen molar-refractivity contribution < 1.29 is 14.3 Å². The van der Waals surface area contributed by atoms with E-state index < -0.39 is 0 Å². The Bertz CT molecular complexity index is 955. The highest BCUT2D eigenvalue weighted by molar-refractivity contribution is 5.94. The third-order valence-corrected chi connectivity index (χ3v) is 4.45. The van der Waals surface area contributed by atoms with E-state index in [1.807, 2.05) is 48.5 Å². The lowest BCUT2D eigenvalue weighted by Crippen LogP contribution is -2.26. The van der Waals surface area contributed by atoms with E-state index in [0.29, 0.717) is 18.7 Å². The number of nitrogens with one attached hydrogen (secondary N) is 1. The van der Waals surface area contributed by atoms with E-state index in [-0.39, 0.29) is 12.0 Å². The number of hydrogen-bond acceptors (Lipinski definition) is 4. The zero-order valence-electron chi connectivity index (χ0n) is 16.5. The predicted molar refractivity (Wildman–Crippen MR) is 113 cm³/mol. The fourth-order valence-electron chi connectivity index (χ4n) is 2.80. The summed E-state index contributed by atoms with van der Waals surface area (Å²) in [6, 6.07) is 18.8. The average molecular weight is 389 g/mol. The second-order valence-corrected chi connectivity index (χ2v) is 6.43. The number of amides is 2. The van der Waals surface area contributed by atoms with Gasteiger partial charge in [0.05, 0.1) is 6.61 Å². The largest absolute Gasteiger partial charge is 0.449 e. The number of carbonyl (C=O) groups is 2. The highest BCUT2D eigenvalue weighted by atomic mass is 16.6. The van der Waals surface area contributed by atoms with Crippen molar-refractivity contribution >= 4 is 17.7 Å². The van der Waals surface area contributed by atoms with Crippen LogP contribution in [0.5, 0.6) is 0 Å². The second kappa shape index (κ2) is 9.50. The van der Waals surface area contributed by atoms with E-state index in [4.69, 9.17) is 4.74 Å². The van der Waals surface area contributed by atoms with Crippen molar-refractivity contribution in [3.05, 3.63) is 84.2 Å². The first-order valence-electron chi connectivity index (χ1n) is 9.36. The van der Waals surface area contributed by atoms with Gasteiger partial charge in [-0.1, -0.05) is 30.3 Å². The van der Waals surface area contributed by atoms with Crippen molar-refractivity contribution in [2.75, 3.05) is 18.6 Å². The molecular formula is C23H23N3O3. The highest BCUT2D eigenvalue weighted by Gasteiger charge is 2.11. The summed E-state index contributed by atoms with van der Waals surface area (Å²) >= 11 is 0. The molecule has 1 heterocycles. The zero-order valence-corrected chi connectivity index (χ0v) is 16.5. The summed E-state index contributed by atoms with van der Waals surface area (Å²) < 4.78 is 5.00. The number of rotatable bonds is 6. The van der Waals surface area contributed by atoms with Gasteiger partial charge in [-0.3, -0.25) is 14.7 Å². The molecule has 0 saturated heterocycles. The molecule has 2 aromatic carbocycles. The van der Waals surface area contributed by atoms with Crippen LogP contribution in [0, 0.1) is 0 Å². The van der Waals surface area contributed by atoms with Gasteiger partial charge in [0.15, 0.2) is 0 Å². The molecule has 0 aliphatic carbocycles. The molecule has 29 heavy (non-hydrogen) atoms. The molecular weight excluding hydrogens is 366 g/mol. The average Bonchev–Trinajstić information content (AvgIpc) is 2.78. The Balaban J connectivity index is 1.63. The Morgan fingerprint density at radius 3 is 2.24 bits per heavy atom. The van der Waals surface area contributed by atoms with Crippen LogP contribution in [0.2, 0.25) is 0 Å². The minimum absolute atomic E-state index is 0.133. The maximum atomic E-state index is 12.3. The van der Waals surface area contributed by atoms with Crippen LogP contribution in [0.3, 0.4) is 0 Å². The number of ether oxygens (including phenoxy) is 1. The number of carbonyl (C=O) groups excluding carboxylic acids is 2. The van der Waals surface area contributed by atoms with Crippen molar-refractivity contribution in [1.82, 2.24) is 10.3 Å². The Morgan fingerprint density at radius 2 is 1.66 bits per heavy atom. The molecule has 148 valence electrons. The third kappa shape index (κ3) is 5.19. The van der Waals surface area contributed by atoms with Gasteiger partial charge in [0.2, 0.25) is 0 Å². The number of benzene rings is 2. The lowest BCUT2D eigenvalue weighted by molar-refractivity contribution is 0.0951. The maximum absolute atomic E-state index is 12.3. The van der Waals surface area contributed by atoms with Crippen LogP contribution >= 0.6 is 0 Å². The van der Waals surface area contributed by atoms with Gasteiger partial charge in [-0.15, -0.1) is 0 Å². The normalized spacial score (nSPS) is 10.3. The van der Waals surface area contributed by atoms with Crippen LogP contribution in [0.25, 0.3) is 11.1 Å². The summed E-state index contributed by atoms with van der Waals surface area (Å²) in [5.74, 6) is -0.133. The lowest BCUT2D eigenvalue weighted by atomic mass is 10.0. The molecule has 0 fully saturated rings. The molecule has 0 aliphatic rings. The Hall–Kier alpha value is -3.67. The molecule has 0 aliphatic heterocycles. The Morgan fingerprint density at radius 1 is 1.00 bits per heavy atom. The number of pyridine rings is 1. The summed E-state index contributed by atoms with van der Waals surface area (Å²) in [5.41, 5.74) is 4.27. The standard InChI is InChI=1S/C23H23N3O3/c1-3-29-23(28)26(2)21-12-10-19(11-13-21)18-6-8-20(9-7-18)22(27)25-16-17-5-4-14-24-15-17/h4-15H,3,16H2,1-2H3,(H,25,27). The fourth-order valence-corrected chi connectivity index (χ4v) is 2.80. The summed E-state index contributed by atoms with van der Waals surface area (Å²) in [7, 11) is 1.67. The fraction of sp³-hybridized carbons (Fsp3) is 0.174. The van der Waals surface area contributed by atoms with Gasteiger partial charge >= 0.3 is 6.09 Å². The SMILES string of the molecule is CCOC(=O)N(C)c1ccc(-c2ccc(C(=O)NCc3cccnc3)cc2)cc1. The Labute approximate surface area is 170 Å². The summed E-state index contributed by atoms with van der Waals surface area (Å²) in [6.45, 7) is 2.55. The molecule has 1 aromatic heterocycles. The molecule has 0 atom stereocenters. The smallest absolute Gasteiger partial charge is 0.413 e. The van der Waals surface area contributed by atoms with Crippen LogP contribution in [0.15, 0.2) is 73.1 Å². The first-order chi connectivity index (χ1) is 14.1. The van der Waals surface area contributed by atoms with Crippen LogP contribution in [0.4, 0.5) is 10.5 Å². The van der Waals surface area contributed by atoms with Crippen LogP contribution < -0.4 is 10.2 Å². The monoisotopic (exact) mass is 389 g/mol. The summed E-state index contributed by atoms with van der Waals surface area (Å²) in [5, 5.41) is 2.89. The lowest BCUT2D eigenvalue weighted by Gasteiger charge is -2.16. The van der Waals surface area contributed by atoms with Crippen molar-refractivity contribution in [2.24, 2.45) is 0 Å². The molecule has 3 rings (SSSR count). The molecule has 0 spiro atoms. The van der Waals surface area contributed by atoms with Gasteiger partial charge in [-0.2, -0.15) is 0 Å². The van der Waals surface area contributed by atoms with Crippen molar-refractivity contribution in [1.29, 1.82) is 0 Å². The molecule has 3 aromatic rings. The first-order valence-corrected chi connectivity index (χ1v) is 9.36. The molecule has 0 bridgehead atoms. The third-order valence-electron chi connectivity index (χ3n) is 4.45. The maximum Gasteiger partial charge on any atom is 0.413 e. The van der Waals surface area contributed by atoms with Gasteiger partial charge in [-0.05, 0) is 53.9 Å². The van der Waals surface area contributed by atoms with Crippen molar-refractivity contribution in [3.63, 3.8) is 0 Å². The van der Waals surface area contributed by atoms with E-state index in [9.17, 15) is 9.59 Å². The number of hydrogen-bond donors (Lipinski definition) is 1. The minimum Gasteiger partial charge on any atom is -0.449 e. The molecule has 0 saturated carbocycles. The number of aromatic nitrogens is 1. The first kappa shape index (κ1) is 20.1. The topological polar surface area (TPSA) is 71.5 Å². The minimum atomic E-state index is -0.387. The van der Waals surface area contributed by atoms with Crippen molar-refractivity contribution in [2.45, 2.75) is 13.5 Å². The van der Waals surface area contributed by atoms with Gasteiger partial charge < -0.3 is 10.1 Å². The molecule has 6 nitrogen and oxygen atoms in total.